The van der Waals surface area contributed by atoms with E-state index in [4.69, 9.17) is 9.47 Å². The van der Waals surface area contributed by atoms with Gasteiger partial charge in [0.15, 0.2) is 5.96 Å². The van der Waals surface area contributed by atoms with Crippen molar-refractivity contribution in [2.45, 2.75) is 13.5 Å². The normalized spacial score (nSPS) is 15.0. The highest BCUT2D eigenvalue weighted by atomic mass is 16.6. The summed E-state index contributed by atoms with van der Waals surface area (Å²) in [7, 11) is 5.84. The molecule has 8 nitrogen and oxygen atoms in total. The van der Waals surface area contributed by atoms with Crippen LogP contribution in [0.3, 0.4) is 0 Å². The van der Waals surface area contributed by atoms with Gasteiger partial charge in [0.05, 0.1) is 6.61 Å². The minimum absolute atomic E-state index is 0.242. The number of rotatable bonds is 7. The quantitative estimate of drug-likeness (QED) is 0.561. The molecular formula is C20H33N5O3. The maximum Gasteiger partial charge on any atom is 0.409 e. The summed E-state index contributed by atoms with van der Waals surface area (Å²) in [5.74, 6) is 1.71. The van der Waals surface area contributed by atoms with Crippen molar-refractivity contribution in [1.82, 2.24) is 20.0 Å². The van der Waals surface area contributed by atoms with Crippen LogP contribution in [0.5, 0.6) is 5.75 Å². The molecule has 0 atom stereocenters. The number of guanidine groups is 1. The van der Waals surface area contributed by atoms with Crippen LogP contribution in [-0.4, -0.2) is 93.8 Å². The predicted octanol–water partition coefficient (Wildman–Crippen LogP) is 1.48. The summed E-state index contributed by atoms with van der Waals surface area (Å²) in [6.45, 7) is 7.07. The van der Waals surface area contributed by atoms with E-state index in [-0.39, 0.29) is 6.09 Å². The lowest BCUT2D eigenvalue weighted by atomic mass is 10.2. The summed E-state index contributed by atoms with van der Waals surface area (Å²) in [4.78, 5) is 22.2. The molecule has 1 saturated heterocycles. The second-order valence-electron chi connectivity index (χ2n) is 6.83. The molecule has 0 radical (unpaired) electrons. The third-order valence-corrected chi connectivity index (χ3v) is 4.52. The van der Waals surface area contributed by atoms with Crippen LogP contribution < -0.4 is 10.1 Å². The number of hydrogen-bond acceptors (Lipinski definition) is 5. The average molecular weight is 392 g/mol. The fourth-order valence-corrected chi connectivity index (χ4v) is 2.95. The van der Waals surface area contributed by atoms with Gasteiger partial charge in [-0.25, -0.2) is 4.79 Å². The molecule has 0 aromatic heterocycles. The highest BCUT2D eigenvalue weighted by molar-refractivity contribution is 5.80. The minimum Gasteiger partial charge on any atom is -0.492 e. The zero-order chi connectivity index (χ0) is 20.4. The Kier molecular flexibility index (Phi) is 8.87. The second kappa shape index (κ2) is 11.4. The van der Waals surface area contributed by atoms with Crippen molar-refractivity contribution in [3.8, 4) is 5.75 Å². The zero-order valence-corrected chi connectivity index (χ0v) is 17.5. The number of likely N-dealkylation sites (N-methyl/N-ethyl adjacent to an activating group) is 1. The molecule has 1 fully saturated rings. The Morgan fingerprint density at radius 2 is 1.86 bits per heavy atom. The van der Waals surface area contributed by atoms with Gasteiger partial charge in [-0.2, -0.15) is 0 Å². The summed E-state index contributed by atoms with van der Waals surface area (Å²) in [6.07, 6.45) is -0.242. The van der Waals surface area contributed by atoms with Crippen LogP contribution in [0.4, 0.5) is 4.79 Å². The van der Waals surface area contributed by atoms with E-state index in [1.165, 1.54) is 0 Å². The molecule has 0 bridgehead atoms. The molecule has 0 spiro atoms. The Balaban J connectivity index is 1.87. The largest absolute Gasteiger partial charge is 0.492 e. The number of nitrogens with zero attached hydrogens (tertiary/aromatic N) is 4. The Bertz CT molecular complexity index is 642. The number of benzene rings is 1. The van der Waals surface area contributed by atoms with Gasteiger partial charge in [-0.3, -0.25) is 4.99 Å². The summed E-state index contributed by atoms with van der Waals surface area (Å²) in [5.41, 5.74) is 1.09. The molecule has 0 unspecified atom stereocenters. The summed E-state index contributed by atoms with van der Waals surface area (Å²) in [6, 6.07) is 8.05. The molecule has 1 N–H and O–H groups in total. The van der Waals surface area contributed by atoms with E-state index in [9.17, 15) is 4.79 Å². The molecule has 1 aliphatic rings. The van der Waals surface area contributed by atoms with Crippen LogP contribution in [0.15, 0.2) is 29.3 Å². The number of carbonyl (C=O) groups is 1. The minimum atomic E-state index is -0.242. The van der Waals surface area contributed by atoms with Crippen molar-refractivity contribution in [2.75, 3.05) is 67.1 Å². The Labute approximate surface area is 168 Å². The Hall–Kier alpha value is -2.48. The monoisotopic (exact) mass is 391 g/mol. The summed E-state index contributed by atoms with van der Waals surface area (Å²) >= 11 is 0. The van der Waals surface area contributed by atoms with Gasteiger partial charge < -0.3 is 29.5 Å². The van der Waals surface area contributed by atoms with Gasteiger partial charge in [0.25, 0.3) is 0 Å². The molecule has 8 heteroatoms. The van der Waals surface area contributed by atoms with Crippen LogP contribution >= 0.6 is 0 Å². The highest BCUT2D eigenvalue weighted by Crippen LogP contribution is 2.18. The molecule has 1 amide bonds. The van der Waals surface area contributed by atoms with Crippen molar-refractivity contribution in [1.29, 1.82) is 0 Å². The van der Waals surface area contributed by atoms with E-state index in [0.29, 0.717) is 32.8 Å². The van der Waals surface area contributed by atoms with Crippen LogP contribution in [0.25, 0.3) is 0 Å². The van der Waals surface area contributed by atoms with Crippen molar-refractivity contribution < 1.29 is 14.3 Å². The average Bonchev–Trinajstić information content (AvgIpc) is 2.70. The first kappa shape index (κ1) is 21.8. The second-order valence-corrected chi connectivity index (χ2v) is 6.83. The van der Waals surface area contributed by atoms with Crippen molar-refractivity contribution in [2.24, 2.45) is 4.99 Å². The molecule has 1 aromatic carbocycles. The molecule has 2 rings (SSSR count). The highest BCUT2D eigenvalue weighted by Gasteiger charge is 2.23. The maximum atomic E-state index is 11.8. The van der Waals surface area contributed by atoms with Gasteiger partial charge >= 0.3 is 6.09 Å². The van der Waals surface area contributed by atoms with Gasteiger partial charge in [-0.15, -0.1) is 0 Å². The fraction of sp³-hybridized carbons (Fsp3) is 0.600. The van der Waals surface area contributed by atoms with Crippen LogP contribution in [0.2, 0.25) is 0 Å². The number of para-hydroxylation sites is 1. The number of carbonyl (C=O) groups excluding carboxylic acids is 1. The van der Waals surface area contributed by atoms with Crippen LogP contribution in [0, 0.1) is 0 Å². The molecule has 28 heavy (non-hydrogen) atoms. The SMILES string of the molecule is CCOC(=O)N1CCN(C(=NC)NCc2ccccc2OCCN(C)C)CC1. The third-order valence-electron chi connectivity index (χ3n) is 4.52. The van der Waals surface area contributed by atoms with Crippen LogP contribution in [0.1, 0.15) is 12.5 Å². The summed E-state index contributed by atoms with van der Waals surface area (Å²) in [5, 5.41) is 3.42. The lowest BCUT2D eigenvalue weighted by Crippen LogP contribution is -2.53. The van der Waals surface area contributed by atoms with E-state index >= 15 is 0 Å². The smallest absolute Gasteiger partial charge is 0.409 e. The van der Waals surface area contributed by atoms with Crippen molar-refractivity contribution >= 4 is 12.1 Å². The van der Waals surface area contributed by atoms with Crippen molar-refractivity contribution in [3.05, 3.63) is 29.8 Å². The van der Waals surface area contributed by atoms with Gasteiger partial charge in [-0.05, 0) is 27.1 Å². The number of ether oxygens (including phenoxy) is 2. The number of nitrogens with one attached hydrogen (secondary N) is 1. The van der Waals surface area contributed by atoms with Crippen LogP contribution in [-0.2, 0) is 11.3 Å². The lowest BCUT2D eigenvalue weighted by Gasteiger charge is -2.35. The zero-order valence-electron chi connectivity index (χ0n) is 17.5. The number of amides is 1. The van der Waals surface area contributed by atoms with Gasteiger partial charge in [0.2, 0.25) is 0 Å². The Morgan fingerprint density at radius 1 is 1.18 bits per heavy atom. The van der Waals surface area contributed by atoms with E-state index in [2.05, 4.69) is 26.2 Å². The first-order valence-electron chi connectivity index (χ1n) is 9.77. The standard InChI is InChI=1S/C20H33N5O3/c1-5-27-20(26)25-12-10-24(11-13-25)19(21-2)22-16-17-8-6-7-9-18(17)28-15-14-23(3)4/h6-9H,5,10-16H2,1-4H3,(H,21,22). The molecule has 0 saturated carbocycles. The number of aliphatic imine (C=N–C) groups is 1. The number of hydrogen-bond donors (Lipinski definition) is 1. The molecule has 0 aliphatic carbocycles. The van der Waals surface area contributed by atoms with Gasteiger partial charge in [0.1, 0.15) is 12.4 Å². The topological polar surface area (TPSA) is 69.6 Å². The first-order chi connectivity index (χ1) is 13.5. The van der Waals surface area contributed by atoms with Crippen molar-refractivity contribution in [3.63, 3.8) is 0 Å². The molecule has 1 aliphatic heterocycles. The molecule has 156 valence electrons. The van der Waals surface area contributed by atoms with E-state index in [0.717, 1.165) is 36.9 Å². The first-order valence-corrected chi connectivity index (χ1v) is 9.77. The van der Waals surface area contributed by atoms with E-state index < -0.39 is 0 Å². The summed E-state index contributed by atoms with van der Waals surface area (Å²) < 4.78 is 11.0. The van der Waals surface area contributed by atoms with Gasteiger partial charge in [0, 0.05) is 51.9 Å². The third kappa shape index (κ3) is 6.60. The molecule has 1 aromatic rings. The fourth-order valence-electron chi connectivity index (χ4n) is 2.95. The predicted molar refractivity (Wildman–Crippen MR) is 111 cm³/mol. The van der Waals surface area contributed by atoms with Gasteiger partial charge in [-0.1, -0.05) is 18.2 Å². The Morgan fingerprint density at radius 3 is 2.50 bits per heavy atom. The number of piperazine rings is 1. The maximum absolute atomic E-state index is 11.8. The lowest BCUT2D eigenvalue weighted by molar-refractivity contribution is 0.0914. The van der Waals surface area contributed by atoms with E-state index in [1.54, 1.807) is 11.9 Å². The molecule has 1 heterocycles. The molecular weight excluding hydrogens is 358 g/mol. The van der Waals surface area contributed by atoms with E-state index in [1.807, 2.05) is 39.2 Å².